The molecule has 0 amide bonds. The van der Waals surface area contributed by atoms with Crippen molar-refractivity contribution >= 4 is 29.0 Å². The Morgan fingerprint density at radius 2 is 1.81 bits per heavy atom. The van der Waals surface area contributed by atoms with E-state index < -0.39 is 0 Å². The highest BCUT2D eigenvalue weighted by molar-refractivity contribution is 6.36. The second-order valence-electron chi connectivity index (χ2n) is 5.16. The van der Waals surface area contributed by atoms with E-state index in [0.29, 0.717) is 28.1 Å². The van der Waals surface area contributed by atoms with Crippen LogP contribution < -0.4 is 11.3 Å². The molecule has 0 spiro atoms. The summed E-state index contributed by atoms with van der Waals surface area (Å²) in [5.41, 5.74) is 5.40. The average Bonchev–Trinajstić information content (AvgIpc) is 2.41. The van der Waals surface area contributed by atoms with Gasteiger partial charge in [0.25, 0.3) is 0 Å². The van der Waals surface area contributed by atoms with Crippen molar-refractivity contribution in [3.63, 3.8) is 0 Å². The molecule has 1 aromatic heterocycles. The van der Waals surface area contributed by atoms with Gasteiger partial charge in [-0.2, -0.15) is 0 Å². The molecule has 4 nitrogen and oxygen atoms in total. The molecule has 6 heteroatoms. The maximum atomic E-state index is 6.19. The lowest BCUT2D eigenvalue weighted by molar-refractivity contribution is 0.812. The third kappa shape index (κ3) is 3.46. The minimum absolute atomic E-state index is 0.286. The predicted molar refractivity (Wildman–Crippen MR) is 87.9 cm³/mol. The van der Waals surface area contributed by atoms with Crippen LogP contribution in [-0.2, 0) is 6.42 Å². The van der Waals surface area contributed by atoms with E-state index in [1.54, 1.807) is 12.1 Å². The number of nitrogen functional groups attached to an aromatic ring is 1. The van der Waals surface area contributed by atoms with Gasteiger partial charge in [-0.1, -0.05) is 43.1 Å². The standard InChI is InChI=1S/C15H18Cl2N4/c1-8(2)14-9(3)19-13(20-15(14)21-18)7-10-11(16)5-4-6-12(10)17/h4-6,8H,7,18H2,1-3H3,(H,19,20,21). The van der Waals surface area contributed by atoms with Crippen LogP contribution in [0.3, 0.4) is 0 Å². The molecule has 0 saturated carbocycles. The van der Waals surface area contributed by atoms with Gasteiger partial charge in [-0.3, -0.25) is 0 Å². The molecule has 0 saturated heterocycles. The van der Waals surface area contributed by atoms with Gasteiger partial charge >= 0.3 is 0 Å². The fourth-order valence-electron chi connectivity index (χ4n) is 2.38. The van der Waals surface area contributed by atoms with Crippen LogP contribution in [0.5, 0.6) is 0 Å². The number of aromatic nitrogens is 2. The summed E-state index contributed by atoms with van der Waals surface area (Å²) in [6.07, 6.45) is 0.465. The number of benzene rings is 1. The lowest BCUT2D eigenvalue weighted by atomic mass is 10.0. The Labute approximate surface area is 134 Å². The van der Waals surface area contributed by atoms with Gasteiger partial charge in [-0.25, -0.2) is 15.8 Å². The molecule has 1 aromatic carbocycles. The van der Waals surface area contributed by atoms with Crippen molar-refractivity contribution < 1.29 is 0 Å². The molecule has 0 aliphatic carbocycles. The normalized spacial score (nSPS) is 11.0. The zero-order valence-electron chi connectivity index (χ0n) is 12.2. The van der Waals surface area contributed by atoms with Crippen LogP contribution in [0, 0.1) is 6.92 Å². The molecule has 2 aromatic rings. The van der Waals surface area contributed by atoms with Crippen molar-refractivity contribution in [1.82, 2.24) is 9.97 Å². The van der Waals surface area contributed by atoms with E-state index in [1.807, 2.05) is 13.0 Å². The highest BCUT2D eigenvalue weighted by Gasteiger charge is 2.15. The summed E-state index contributed by atoms with van der Waals surface area (Å²) in [5.74, 6) is 7.16. The van der Waals surface area contributed by atoms with Crippen LogP contribution in [0.1, 0.15) is 42.4 Å². The van der Waals surface area contributed by atoms with Gasteiger partial charge in [0.2, 0.25) is 0 Å². The SMILES string of the molecule is Cc1nc(Cc2c(Cl)cccc2Cl)nc(NN)c1C(C)C. The maximum absolute atomic E-state index is 6.19. The average molecular weight is 325 g/mol. The van der Waals surface area contributed by atoms with E-state index in [0.717, 1.165) is 16.8 Å². The summed E-state index contributed by atoms with van der Waals surface area (Å²) in [5, 5.41) is 1.22. The zero-order chi connectivity index (χ0) is 15.6. The molecule has 21 heavy (non-hydrogen) atoms. The van der Waals surface area contributed by atoms with E-state index in [4.69, 9.17) is 29.0 Å². The number of nitrogens with one attached hydrogen (secondary N) is 1. The Morgan fingerprint density at radius 1 is 1.19 bits per heavy atom. The number of halogens is 2. The van der Waals surface area contributed by atoms with Gasteiger partial charge in [-0.05, 0) is 30.5 Å². The van der Waals surface area contributed by atoms with Crippen LogP contribution in [-0.4, -0.2) is 9.97 Å². The third-order valence-corrected chi connectivity index (χ3v) is 4.00. The zero-order valence-corrected chi connectivity index (χ0v) is 13.8. The first kappa shape index (κ1) is 16.0. The first-order valence-corrected chi connectivity index (χ1v) is 7.46. The van der Waals surface area contributed by atoms with E-state index in [9.17, 15) is 0 Å². The molecule has 0 radical (unpaired) electrons. The van der Waals surface area contributed by atoms with Crippen LogP contribution >= 0.6 is 23.2 Å². The molecule has 0 atom stereocenters. The van der Waals surface area contributed by atoms with E-state index in [2.05, 4.69) is 29.2 Å². The number of aryl methyl sites for hydroxylation is 1. The molecular formula is C15H18Cl2N4. The van der Waals surface area contributed by atoms with Gasteiger partial charge in [0.1, 0.15) is 11.6 Å². The molecule has 112 valence electrons. The molecule has 0 fully saturated rings. The number of anilines is 1. The molecule has 1 heterocycles. The lowest BCUT2D eigenvalue weighted by Crippen LogP contribution is -2.16. The smallest absolute Gasteiger partial charge is 0.147 e. The van der Waals surface area contributed by atoms with Gasteiger partial charge in [0.05, 0.1) is 0 Å². The van der Waals surface area contributed by atoms with Crippen molar-refractivity contribution in [1.29, 1.82) is 0 Å². The molecule has 0 aliphatic rings. The molecule has 0 aliphatic heterocycles. The van der Waals surface area contributed by atoms with Crippen LogP contribution in [0.15, 0.2) is 18.2 Å². The fourth-order valence-corrected chi connectivity index (χ4v) is 2.91. The highest BCUT2D eigenvalue weighted by atomic mass is 35.5. The summed E-state index contributed by atoms with van der Waals surface area (Å²) in [7, 11) is 0. The van der Waals surface area contributed by atoms with Crippen LogP contribution in [0.4, 0.5) is 5.82 Å². The number of hydrazine groups is 1. The van der Waals surface area contributed by atoms with Gasteiger partial charge < -0.3 is 5.43 Å². The summed E-state index contributed by atoms with van der Waals surface area (Å²) < 4.78 is 0. The van der Waals surface area contributed by atoms with Gasteiger partial charge in [-0.15, -0.1) is 0 Å². The minimum atomic E-state index is 0.286. The van der Waals surface area contributed by atoms with Crippen LogP contribution in [0.25, 0.3) is 0 Å². The summed E-state index contributed by atoms with van der Waals surface area (Å²) in [6.45, 7) is 6.11. The monoisotopic (exact) mass is 324 g/mol. The maximum Gasteiger partial charge on any atom is 0.147 e. The number of hydrogen-bond donors (Lipinski definition) is 2. The third-order valence-electron chi connectivity index (χ3n) is 3.29. The second kappa shape index (κ2) is 6.60. The lowest BCUT2D eigenvalue weighted by Gasteiger charge is -2.15. The number of nitrogens with zero attached hydrogens (tertiary/aromatic N) is 2. The molecule has 0 bridgehead atoms. The first-order chi connectivity index (χ1) is 9.93. The van der Waals surface area contributed by atoms with Crippen molar-refractivity contribution in [3.05, 3.63) is 50.9 Å². The quantitative estimate of drug-likeness (QED) is 0.656. The number of rotatable bonds is 4. The number of nitrogens with two attached hydrogens (primary N) is 1. The van der Waals surface area contributed by atoms with E-state index in [-0.39, 0.29) is 5.92 Å². The van der Waals surface area contributed by atoms with Crippen molar-refractivity contribution in [2.45, 2.75) is 33.1 Å². The Morgan fingerprint density at radius 3 is 2.33 bits per heavy atom. The van der Waals surface area contributed by atoms with Crippen LogP contribution in [0.2, 0.25) is 10.0 Å². The molecule has 2 rings (SSSR count). The Bertz CT molecular complexity index is 636. The molecule has 3 N–H and O–H groups in total. The topological polar surface area (TPSA) is 63.8 Å². The fraction of sp³-hybridized carbons (Fsp3) is 0.333. The largest absolute Gasteiger partial charge is 0.308 e. The van der Waals surface area contributed by atoms with Crippen molar-refractivity contribution in [2.75, 3.05) is 5.43 Å². The Balaban J connectivity index is 2.44. The Hall–Kier alpha value is -1.36. The summed E-state index contributed by atoms with van der Waals surface area (Å²) in [4.78, 5) is 9.04. The summed E-state index contributed by atoms with van der Waals surface area (Å²) >= 11 is 12.4. The van der Waals surface area contributed by atoms with E-state index >= 15 is 0 Å². The second-order valence-corrected chi connectivity index (χ2v) is 5.98. The predicted octanol–water partition coefficient (Wildman–Crippen LogP) is 4.09. The van der Waals surface area contributed by atoms with Gasteiger partial charge in [0, 0.05) is 27.7 Å². The van der Waals surface area contributed by atoms with Crippen molar-refractivity contribution in [3.8, 4) is 0 Å². The van der Waals surface area contributed by atoms with Gasteiger partial charge in [0.15, 0.2) is 0 Å². The minimum Gasteiger partial charge on any atom is -0.308 e. The highest BCUT2D eigenvalue weighted by Crippen LogP contribution is 2.28. The first-order valence-electron chi connectivity index (χ1n) is 6.71. The number of hydrogen-bond acceptors (Lipinski definition) is 4. The summed E-state index contributed by atoms with van der Waals surface area (Å²) in [6, 6.07) is 5.43. The Kier molecular flexibility index (Phi) is 5.04. The van der Waals surface area contributed by atoms with Crippen molar-refractivity contribution in [2.24, 2.45) is 5.84 Å². The molecule has 0 unspecified atom stereocenters. The van der Waals surface area contributed by atoms with E-state index in [1.165, 1.54) is 0 Å². The molecular weight excluding hydrogens is 307 g/mol.